The van der Waals surface area contributed by atoms with Crippen LogP contribution in [0.3, 0.4) is 0 Å². The Kier molecular flexibility index (Phi) is 4.75. The lowest BCUT2D eigenvalue weighted by atomic mass is 9.83. The molecule has 2 rings (SSSR count). The topological polar surface area (TPSA) is 21.3 Å². The second-order valence-electron chi connectivity index (χ2n) is 5.84. The van der Waals surface area contributed by atoms with Gasteiger partial charge >= 0.3 is 0 Å². The first-order chi connectivity index (χ1) is 9.02. The molecule has 1 aromatic carbocycles. The van der Waals surface area contributed by atoms with Crippen molar-refractivity contribution in [2.75, 3.05) is 13.7 Å². The van der Waals surface area contributed by atoms with Crippen molar-refractivity contribution in [3.05, 3.63) is 28.3 Å². The predicted octanol–water partition coefficient (Wildman–Crippen LogP) is 3.70. The highest BCUT2D eigenvalue weighted by Crippen LogP contribution is 2.35. The number of nitrogens with one attached hydrogen (secondary N) is 1. The molecule has 0 amide bonds. The Morgan fingerprint density at radius 2 is 2.05 bits per heavy atom. The molecule has 0 saturated carbocycles. The van der Waals surface area contributed by atoms with E-state index in [9.17, 15) is 0 Å². The molecule has 1 aliphatic rings. The second-order valence-corrected chi connectivity index (χ2v) is 6.28. The van der Waals surface area contributed by atoms with E-state index in [-0.39, 0.29) is 0 Å². The lowest BCUT2D eigenvalue weighted by Gasteiger charge is -2.28. The fourth-order valence-corrected chi connectivity index (χ4v) is 3.22. The Labute approximate surface area is 121 Å². The molecule has 1 heterocycles. The molecule has 0 radical (unpaired) electrons. The van der Waals surface area contributed by atoms with Crippen LogP contribution in [0.25, 0.3) is 0 Å². The van der Waals surface area contributed by atoms with Crippen LogP contribution in [0.1, 0.15) is 31.9 Å². The number of rotatable bonds is 5. The first-order valence-electron chi connectivity index (χ1n) is 7.14. The Morgan fingerprint density at radius 1 is 1.32 bits per heavy atom. The van der Waals surface area contributed by atoms with Crippen molar-refractivity contribution in [1.82, 2.24) is 5.32 Å². The maximum atomic E-state index is 6.23. The fraction of sp³-hybridized carbons (Fsp3) is 0.625. The SMILES string of the molecule is CNC(C)C(Cc1cc(Cl)cc2c1OCC2)C(C)C. The molecule has 1 aliphatic heterocycles. The number of halogens is 1. The average molecular weight is 282 g/mol. The van der Waals surface area contributed by atoms with Gasteiger partial charge < -0.3 is 10.1 Å². The number of hydrogen-bond acceptors (Lipinski definition) is 2. The van der Waals surface area contributed by atoms with E-state index in [1.54, 1.807) is 0 Å². The van der Waals surface area contributed by atoms with Crippen LogP contribution in [0.5, 0.6) is 5.75 Å². The number of hydrogen-bond donors (Lipinski definition) is 1. The molecule has 2 atom stereocenters. The van der Waals surface area contributed by atoms with E-state index in [4.69, 9.17) is 16.3 Å². The highest BCUT2D eigenvalue weighted by atomic mass is 35.5. The lowest BCUT2D eigenvalue weighted by molar-refractivity contribution is 0.293. The van der Waals surface area contributed by atoms with E-state index in [0.717, 1.165) is 30.2 Å². The maximum Gasteiger partial charge on any atom is 0.125 e. The van der Waals surface area contributed by atoms with Crippen LogP contribution in [0.2, 0.25) is 5.02 Å². The monoisotopic (exact) mass is 281 g/mol. The molecule has 0 aromatic heterocycles. The van der Waals surface area contributed by atoms with Crippen molar-refractivity contribution < 1.29 is 4.74 Å². The largest absolute Gasteiger partial charge is 0.493 e. The minimum Gasteiger partial charge on any atom is -0.493 e. The fourth-order valence-electron chi connectivity index (χ4n) is 2.96. The summed E-state index contributed by atoms with van der Waals surface area (Å²) in [4.78, 5) is 0. The van der Waals surface area contributed by atoms with Gasteiger partial charge in [-0.1, -0.05) is 25.4 Å². The minimum absolute atomic E-state index is 0.482. The van der Waals surface area contributed by atoms with E-state index >= 15 is 0 Å². The first kappa shape index (κ1) is 14.7. The van der Waals surface area contributed by atoms with Crippen molar-refractivity contribution >= 4 is 11.6 Å². The summed E-state index contributed by atoms with van der Waals surface area (Å²) in [6.07, 6.45) is 2.00. The lowest BCUT2D eigenvalue weighted by Crippen LogP contribution is -2.35. The third kappa shape index (κ3) is 3.24. The Morgan fingerprint density at radius 3 is 2.68 bits per heavy atom. The standard InChI is InChI=1S/C16H24ClNO/c1-10(2)15(11(3)18-4)9-13-8-14(17)7-12-5-6-19-16(12)13/h7-8,10-11,15,18H,5-6,9H2,1-4H3. The van der Waals surface area contributed by atoms with Crippen LogP contribution in [-0.2, 0) is 12.8 Å². The zero-order valence-corrected chi connectivity index (χ0v) is 13.1. The van der Waals surface area contributed by atoms with Crippen molar-refractivity contribution in [2.24, 2.45) is 11.8 Å². The zero-order valence-electron chi connectivity index (χ0n) is 12.3. The van der Waals surface area contributed by atoms with Crippen LogP contribution in [0, 0.1) is 11.8 Å². The summed E-state index contributed by atoms with van der Waals surface area (Å²) in [7, 11) is 2.03. The molecule has 0 fully saturated rings. The Bertz CT molecular complexity index is 445. The number of ether oxygens (including phenoxy) is 1. The van der Waals surface area contributed by atoms with Gasteiger partial charge in [-0.2, -0.15) is 0 Å². The molecule has 0 spiro atoms. The Hall–Kier alpha value is -0.730. The summed E-state index contributed by atoms with van der Waals surface area (Å²) in [5.41, 5.74) is 2.53. The molecule has 1 N–H and O–H groups in total. The van der Waals surface area contributed by atoms with Crippen LogP contribution >= 0.6 is 11.6 Å². The van der Waals surface area contributed by atoms with Gasteiger partial charge in [-0.3, -0.25) is 0 Å². The molecule has 3 heteroatoms. The summed E-state index contributed by atoms with van der Waals surface area (Å²) in [5, 5.41) is 4.21. The first-order valence-corrected chi connectivity index (χ1v) is 7.52. The quantitative estimate of drug-likeness (QED) is 0.889. The molecular formula is C16H24ClNO. The van der Waals surface area contributed by atoms with Crippen molar-refractivity contribution in [1.29, 1.82) is 0 Å². The van der Waals surface area contributed by atoms with Gasteiger partial charge in [-0.15, -0.1) is 0 Å². The second kappa shape index (κ2) is 6.15. The van der Waals surface area contributed by atoms with E-state index < -0.39 is 0 Å². The van der Waals surface area contributed by atoms with Crippen molar-refractivity contribution in [3.63, 3.8) is 0 Å². The predicted molar refractivity (Wildman–Crippen MR) is 81.2 cm³/mol. The third-order valence-electron chi connectivity index (χ3n) is 4.23. The van der Waals surface area contributed by atoms with E-state index in [1.165, 1.54) is 11.1 Å². The summed E-state index contributed by atoms with van der Waals surface area (Å²) < 4.78 is 5.80. The van der Waals surface area contributed by atoms with Gasteiger partial charge in [0.25, 0.3) is 0 Å². The van der Waals surface area contributed by atoms with Crippen LogP contribution in [0.4, 0.5) is 0 Å². The summed E-state index contributed by atoms with van der Waals surface area (Å²) in [6, 6.07) is 4.60. The third-order valence-corrected chi connectivity index (χ3v) is 4.45. The maximum absolute atomic E-state index is 6.23. The molecule has 1 aromatic rings. The highest BCUT2D eigenvalue weighted by Gasteiger charge is 2.24. The number of fused-ring (bicyclic) bond motifs is 1. The van der Waals surface area contributed by atoms with Gasteiger partial charge in [0.05, 0.1) is 6.61 Å². The highest BCUT2D eigenvalue weighted by molar-refractivity contribution is 6.30. The van der Waals surface area contributed by atoms with E-state index in [1.807, 2.05) is 13.1 Å². The Balaban J connectivity index is 2.27. The van der Waals surface area contributed by atoms with Crippen LogP contribution in [-0.4, -0.2) is 19.7 Å². The summed E-state index contributed by atoms with van der Waals surface area (Å²) >= 11 is 6.23. The van der Waals surface area contributed by atoms with Crippen molar-refractivity contribution in [2.45, 2.75) is 39.7 Å². The van der Waals surface area contributed by atoms with Gasteiger partial charge in [-0.25, -0.2) is 0 Å². The normalized spacial score (nSPS) is 17.2. The van der Waals surface area contributed by atoms with E-state index in [0.29, 0.717) is 17.9 Å². The minimum atomic E-state index is 0.482. The molecule has 2 unspecified atom stereocenters. The van der Waals surface area contributed by atoms with Gasteiger partial charge in [-0.05, 0) is 55.5 Å². The zero-order chi connectivity index (χ0) is 14.0. The summed E-state index contributed by atoms with van der Waals surface area (Å²) in [5.74, 6) is 2.29. The number of benzene rings is 1. The van der Waals surface area contributed by atoms with Crippen LogP contribution in [0.15, 0.2) is 12.1 Å². The summed E-state index contributed by atoms with van der Waals surface area (Å²) in [6.45, 7) is 7.60. The van der Waals surface area contributed by atoms with Crippen LogP contribution < -0.4 is 10.1 Å². The van der Waals surface area contributed by atoms with Crippen molar-refractivity contribution in [3.8, 4) is 5.75 Å². The molecule has 2 nitrogen and oxygen atoms in total. The smallest absolute Gasteiger partial charge is 0.125 e. The van der Waals surface area contributed by atoms with Gasteiger partial charge in [0.2, 0.25) is 0 Å². The molecule has 0 bridgehead atoms. The average Bonchev–Trinajstić information content (AvgIpc) is 2.82. The van der Waals surface area contributed by atoms with Gasteiger partial charge in [0.1, 0.15) is 5.75 Å². The van der Waals surface area contributed by atoms with Gasteiger partial charge in [0.15, 0.2) is 0 Å². The molecular weight excluding hydrogens is 258 g/mol. The molecule has 106 valence electrons. The van der Waals surface area contributed by atoms with E-state index in [2.05, 4.69) is 32.2 Å². The molecule has 0 saturated heterocycles. The van der Waals surface area contributed by atoms with Gasteiger partial charge in [0, 0.05) is 17.5 Å². The molecule has 0 aliphatic carbocycles. The molecule has 19 heavy (non-hydrogen) atoms.